The molecule has 0 radical (unpaired) electrons. The molecule has 4 nitrogen and oxygen atoms in total. The molecule has 3 aromatic rings. The molecule has 0 saturated heterocycles. The second-order valence-electron chi connectivity index (χ2n) is 6.28. The largest absolute Gasteiger partial charge is 0.462 e. The minimum absolute atomic E-state index is 0.309. The summed E-state index contributed by atoms with van der Waals surface area (Å²) < 4.78 is 10.7. The van der Waals surface area contributed by atoms with Gasteiger partial charge in [-0.25, -0.2) is 9.59 Å². The molecule has 1 unspecified atom stereocenters. The highest BCUT2D eigenvalue weighted by Crippen LogP contribution is 2.35. The zero-order valence-corrected chi connectivity index (χ0v) is 14.8. The molecule has 0 fully saturated rings. The van der Waals surface area contributed by atoms with Crippen LogP contribution in [-0.2, 0) is 9.47 Å². The van der Waals surface area contributed by atoms with Crippen LogP contribution in [0.15, 0.2) is 66.7 Å². The van der Waals surface area contributed by atoms with Crippen molar-refractivity contribution in [2.45, 2.75) is 13.0 Å². The minimum atomic E-state index is -0.444. The molecular weight excluding hydrogens is 340 g/mol. The maximum absolute atomic E-state index is 12.6. The van der Waals surface area contributed by atoms with E-state index in [9.17, 15) is 9.59 Å². The normalized spacial score (nSPS) is 14.8. The van der Waals surface area contributed by atoms with Crippen LogP contribution in [0, 0.1) is 0 Å². The number of benzene rings is 3. The van der Waals surface area contributed by atoms with Crippen LogP contribution in [0.2, 0.25) is 0 Å². The number of hydrogen-bond donors (Lipinski definition) is 0. The van der Waals surface area contributed by atoms with Crippen LogP contribution in [-0.4, -0.2) is 18.5 Å². The van der Waals surface area contributed by atoms with Crippen molar-refractivity contribution in [2.24, 2.45) is 0 Å². The summed E-state index contributed by atoms with van der Waals surface area (Å²) in [5.41, 5.74) is 2.89. The number of carbonyl (C=O) groups is 2. The van der Waals surface area contributed by atoms with Crippen LogP contribution in [0.4, 0.5) is 0 Å². The Morgan fingerprint density at radius 1 is 0.889 bits per heavy atom. The molecule has 0 aliphatic heterocycles. The fraction of sp³-hybridized carbons (Fsp3) is 0.130. The summed E-state index contributed by atoms with van der Waals surface area (Å²) in [6.07, 6.45) is 3.43. The molecule has 27 heavy (non-hydrogen) atoms. The zero-order valence-electron chi connectivity index (χ0n) is 14.8. The third-order valence-corrected chi connectivity index (χ3v) is 4.59. The van der Waals surface area contributed by atoms with Crippen LogP contribution in [0.3, 0.4) is 0 Å². The van der Waals surface area contributed by atoms with Gasteiger partial charge in [-0.15, -0.1) is 0 Å². The van der Waals surface area contributed by atoms with Crippen molar-refractivity contribution < 1.29 is 19.1 Å². The van der Waals surface area contributed by atoms with E-state index < -0.39 is 18.0 Å². The Kier molecular flexibility index (Phi) is 4.47. The van der Waals surface area contributed by atoms with E-state index in [1.54, 1.807) is 31.2 Å². The summed E-state index contributed by atoms with van der Waals surface area (Å²) in [6, 6.07) is 18.4. The third kappa shape index (κ3) is 3.22. The number of esters is 2. The van der Waals surface area contributed by atoms with Gasteiger partial charge in [-0.2, -0.15) is 0 Å². The predicted octanol–water partition coefficient (Wildman–Crippen LogP) is 4.94. The highest BCUT2D eigenvalue weighted by Gasteiger charge is 2.21. The van der Waals surface area contributed by atoms with E-state index in [1.165, 1.54) is 0 Å². The molecule has 1 atom stereocenters. The molecule has 0 aromatic heterocycles. The van der Waals surface area contributed by atoms with E-state index in [-0.39, 0.29) is 0 Å². The molecule has 4 rings (SSSR count). The highest BCUT2D eigenvalue weighted by atomic mass is 16.5. The number of rotatable bonds is 4. The molecule has 0 bridgehead atoms. The van der Waals surface area contributed by atoms with Crippen molar-refractivity contribution >= 4 is 28.8 Å². The molecule has 1 aliphatic rings. The monoisotopic (exact) mass is 358 g/mol. The van der Waals surface area contributed by atoms with Gasteiger partial charge >= 0.3 is 11.9 Å². The first kappa shape index (κ1) is 17.0. The van der Waals surface area contributed by atoms with Gasteiger partial charge in [-0.1, -0.05) is 42.5 Å². The van der Waals surface area contributed by atoms with Gasteiger partial charge in [-0.05, 0) is 53.6 Å². The highest BCUT2D eigenvalue weighted by molar-refractivity contribution is 5.97. The second kappa shape index (κ2) is 7.08. The van der Waals surface area contributed by atoms with Gasteiger partial charge in [0, 0.05) is 5.56 Å². The molecule has 4 heteroatoms. The van der Waals surface area contributed by atoms with Gasteiger partial charge in [0.25, 0.3) is 0 Å². The summed E-state index contributed by atoms with van der Waals surface area (Å²) in [6.45, 7) is 2.06. The lowest BCUT2D eigenvalue weighted by Gasteiger charge is -2.21. The zero-order chi connectivity index (χ0) is 18.8. The Morgan fingerprint density at radius 2 is 1.56 bits per heavy atom. The molecular formula is C23H18O4. The van der Waals surface area contributed by atoms with Crippen molar-refractivity contribution in [3.05, 3.63) is 89.0 Å². The summed E-state index contributed by atoms with van der Waals surface area (Å²) in [5, 5.41) is 2.23. The average molecular weight is 358 g/mol. The summed E-state index contributed by atoms with van der Waals surface area (Å²) in [5.74, 6) is -0.840. The fourth-order valence-corrected chi connectivity index (χ4v) is 3.31. The molecule has 134 valence electrons. The van der Waals surface area contributed by atoms with Gasteiger partial charge < -0.3 is 9.47 Å². The Morgan fingerprint density at radius 3 is 2.26 bits per heavy atom. The van der Waals surface area contributed by atoms with Gasteiger partial charge in [0.2, 0.25) is 0 Å². The first-order chi connectivity index (χ1) is 13.2. The lowest BCUT2D eigenvalue weighted by atomic mass is 9.91. The smallest absolute Gasteiger partial charge is 0.339 e. The quantitative estimate of drug-likeness (QED) is 0.620. The molecule has 0 spiro atoms. The van der Waals surface area contributed by atoms with E-state index in [4.69, 9.17) is 9.47 Å². The van der Waals surface area contributed by atoms with E-state index in [1.807, 2.05) is 30.4 Å². The first-order valence-electron chi connectivity index (χ1n) is 8.85. The van der Waals surface area contributed by atoms with Crippen LogP contribution in [0.1, 0.15) is 44.9 Å². The first-order valence-corrected chi connectivity index (χ1v) is 8.85. The van der Waals surface area contributed by atoms with E-state index in [0.29, 0.717) is 17.7 Å². The Balaban J connectivity index is 1.57. The molecule has 0 heterocycles. The van der Waals surface area contributed by atoms with Crippen molar-refractivity contribution in [3.8, 4) is 0 Å². The van der Waals surface area contributed by atoms with Crippen LogP contribution >= 0.6 is 0 Å². The Bertz CT molecular complexity index is 1040. The van der Waals surface area contributed by atoms with E-state index in [0.717, 1.165) is 21.9 Å². The maximum atomic E-state index is 12.6. The minimum Gasteiger partial charge on any atom is -0.462 e. The lowest BCUT2D eigenvalue weighted by molar-refractivity contribution is 0.0393. The van der Waals surface area contributed by atoms with Gasteiger partial charge in [0.1, 0.15) is 6.10 Å². The van der Waals surface area contributed by atoms with Crippen molar-refractivity contribution in [2.75, 3.05) is 6.61 Å². The molecule has 0 N–H and O–H groups in total. The topological polar surface area (TPSA) is 52.6 Å². The summed E-state index contributed by atoms with van der Waals surface area (Å²) in [4.78, 5) is 24.3. The van der Waals surface area contributed by atoms with E-state index >= 15 is 0 Å². The molecule has 0 amide bonds. The van der Waals surface area contributed by atoms with Crippen molar-refractivity contribution in [1.82, 2.24) is 0 Å². The van der Waals surface area contributed by atoms with E-state index in [2.05, 4.69) is 18.2 Å². The summed E-state index contributed by atoms with van der Waals surface area (Å²) in [7, 11) is 0. The predicted molar refractivity (Wildman–Crippen MR) is 104 cm³/mol. The lowest BCUT2D eigenvalue weighted by Crippen LogP contribution is -2.12. The van der Waals surface area contributed by atoms with Crippen molar-refractivity contribution in [3.63, 3.8) is 0 Å². The van der Waals surface area contributed by atoms with Gasteiger partial charge in [0.15, 0.2) is 0 Å². The van der Waals surface area contributed by atoms with Crippen LogP contribution in [0.5, 0.6) is 0 Å². The number of hydrogen-bond acceptors (Lipinski definition) is 4. The van der Waals surface area contributed by atoms with Crippen LogP contribution in [0.25, 0.3) is 16.8 Å². The average Bonchev–Trinajstić information content (AvgIpc) is 2.70. The molecule has 0 saturated carbocycles. The van der Waals surface area contributed by atoms with Gasteiger partial charge in [-0.3, -0.25) is 0 Å². The Labute approximate surface area is 157 Å². The molecule has 3 aromatic carbocycles. The van der Waals surface area contributed by atoms with Gasteiger partial charge in [0.05, 0.1) is 17.7 Å². The summed E-state index contributed by atoms with van der Waals surface area (Å²) >= 11 is 0. The van der Waals surface area contributed by atoms with Crippen LogP contribution < -0.4 is 0 Å². The third-order valence-electron chi connectivity index (χ3n) is 4.59. The fourth-order valence-electron chi connectivity index (χ4n) is 3.31. The van der Waals surface area contributed by atoms with Crippen molar-refractivity contribution in [1.29, 1.82) is 0 Å². The second-order valence-corrected chi connectivity index (χ2v) is 6.28. The Hall–Kier alpha value is -3.40. The standard InChI is InChI=1S/C23H18O4/c1-2-26-22(24)17-9-11-18(12-10-17)23(25)27-20-14-13-16-6-3-5-15-7-4-8-19(20)21(15)16/h3-14,20H,2H2,1H3. The number of ether oxygens (including phenoxy) is 2. The maximum Gasteiger partial charge on any atom is 0.339 e. The SMILES string of the molecule is CCOC(=O)c1ccc(C(=O)OC2C=Cc3cccc4cccc2c34)cc1. The number of carbonyl (C=O) groups excluding carboxylic acids is 2. The molecule has 1 aliphatic carbocycles.